The lowest BCUT2D eigenvalue weighted by Gasteiger charge is -2.11. The van der Waals surface area contributed by atoms with Crippen molar-refractivity contribution < 1.29 is 19.2 Å². The Balaban J connectivity index is 2.20. The van der Waals surface area contributed by atoms with Crippen LogP contribution in [-0.2, 0) is 9.59 Å². The summed E-state index contributed by atoms with van der Waals surface area (Å²) in [5.41, 5.74) is -0.218. The third-order valence-corrected chi connectivity index (χ3v) is 3.68. The number of non-ortho nitro benzene ring substituents is 1. The molecule has 0 aromatic heterocycles. The molecule has 0 saturated carbocycles. The minimum atomic E-state index is -1.07. The van der Waals surface area contributed by atoms with E-state index in [1.807, 2.05) is 0 Å². The van der Waals surface area contributed by atoms with Gasteiger partial charge in [0.25, 0.3) is 5.69 Å². The fourth-order valence-electron chi connectivity index (χ4n) is 1.87. The first kappa shape index (κ1) is 18.5. The Morgan fingerprint density at radius 1 is 1.08 bits per heavy atom. The highest BCUT2D eigenvalue weighted by atomic mass is 35.5. The average Bonchev–Trinajstić information content (AvgIpc) is 2.57. The highest BCUT2D eigenvalue weighted by Crippen LogP contribution is 2.31. The molecule has 0 heterocycles. The highest BCUT2D eigenvalue weighted by molar-refractivity contribution is 6.46. The third-order valence-electron chi connectivity index (χ3n) is 3.05. The smallest absolute Gasteiger partial charge is 0.314 e. The first-order chi connectivity index (χ1) is 11.8. The molecule has 8 nitrogen and oxygen atoms in total. The van der Waals surface area contributed by atoms with Gasteiger partial charge in [-0.15, -0.1) is 0 Å². The Kier molecular flexibility index (Phi) is 5.79. The topological polar surface area (TPSA) is 111 Å². The number of nitrogens with zero attached hydrogens (tertiary/aromatic N) is 1. The number of carbonyl (C=O) groups excluding carboxylic acids is 2. The van der Waals surface area contributed by atoms with Crippen LogP contribution in [0.4, 0.5) is 17.1 Å². The zero-order valence-corrected chi connectivity index (χ0v) is 14.2. The summed E-state index contributed by atoms with van der Waals surface area (Å²) in [5.74, 6) is -1.97. The van der Waals surface area contributed by atoms with Crippen molar-refractivity contribution in [2.75, 3.05) is 17.7 Å². The van der Waals surface area contributed by atoms with Crippen molar-refractivity contribution in [3.8, 4) is 5.75 Å². The molecular weight excluding hydrogens is 373 g/mol. The van der Waals surface area contributed by atoms with Gasteiger partial charge in [-0.1, -0.05) is 29.3 Å². The molecule has 0 aliphatic heterocycles. The summed E-state index contributed by atoms with van der Waals surface area (Å²) in [4.78, 5) is 34.3. The monoisotopic (exact) mass is 383 g/mol. The van der Waals surface area contributed by atoms with Crippen molar-refractivity contribution in [1.29, 1.82) is 0 Å². The van der Waals surface area contributed by atoms with Crippen LogP contribution in [0.15, 0.2) is 36.4 Å². The number of ether oxygens (including phenoxy) is 1. The number of carbonyl (C=O) groups is 2. The van der Waals surface area contributed by atoms with E-state index < -0.39 is 16.7 Å². The molecule has 0 radical (unpaired) electrons. The van der Waals surface area contributed by atoms with Gasteiger partial charge in [-0.2, -0.15) is 0 Å². The summed E-state index contributed by atoms with van der Waals surface area (Å²) in [6, 6.07) is 8.14. The van der Waals surface area contributed by atoms with Crippen LogP contribution in [0.1, 0.15) is 0 Å². The Bertz CT molecular complexity index is 837. The van der Waals surface area contributed by atoms with E-state index in [1.54, 1.807) is 6.07 Å². The van der Waals surface area contributed by atoms with Gasteiger partial charge in [-0.25, -0.2) is 0 Å². The summed E-state index contributed by atoms with van der Waals surface area (Å²) in [6.45, 7) is 0. The van der Waals surface area contributed by atoms with Gasteiger partial charge in [0, 0.05) is 12.1 Å². The van der Waals surface area contributed by atoms with Crippen LogP contribution < -0.4 is 15.4 Å². The van der Waals surface area contributed by atoms with Crippen molar-refractivity contribution in [3.63, 3.8) is 0 Å². The van der Waals surface area contributed by atoms with Gasteiger partial charge < -0.3 is 15.4 Å². The van der Waals surface area contributed by atoms with Gasteiger partial charge in [0.2, 0.25) is 0 Å². The van der Waals surface area contributed by atoms with Crippen molar-refractivity contribution in [1.82, 2.24) is 0 Å². The number of nitro groups is 1. The van der Waals surface area contributed by atoms with E-state index in [2.05, 4.69) is 10.6 Å². The van der Waals surface area contributed by atoms with Crippen LogP contribution in [-0.4, -0.2) is 23.8 Å². The lowest BCUT2D eigenvalue weighted by molar-refractivity contribution is -0.384. The maximum Gasteiger partial charge on any atom is 0.314 e. The van der Waals surface area contributed by atoms with E-state index in [0.29, 0.717) is 0 Å². The number of anilines is 2. The average molecular weight is 384 g/mol. The Morgan fingerprint density at radius 3 is 2.24 bits per heavy atom. The number of benzene rings is 2. The van der Waals surface area contributed by atoms with Gasteiger partial charge in [0.05, 0.1) is 33.5 Å². The maximum atomic E-state index is 12.1. The minimum absolute atomic E-state index is 0.0258. The van der Waals surface area contributed by atoms with Crippen molar-refractivity contribution >= 4 is 52.1 Å². The largest absolute Gasteiger partial charge is 0.495 e. The van der Waals surface area contributed by atoms with Gasteiger partial charge in [0.1, 0.15) is 5.75 Å². The number of hydrogen-bond donors (Lipinski definition) is 2. The van der Waals surface area contributed by atoms with Crippen molar-refractivity contribution in [2.24, 2.45) is 0 Å². The Morgan fingerprint density at radius 2 is 1.68 bits per heavy atom. The van der Waals surface area contributed by atoms with Crippen LogP contribution in [0.5, 0.6) is 5.75 Å². The zero-order chi connectivity index (χ0) is 18.6. The SMILES string of the molecule is COc1ccc([N+](=O)[O-])cc1NC(=O)C(=O)Nc1c(Cl)cccc1Cl. The first-order valence-electron chi connectivity index (χ1n) is 6.72. The summed E-state index contributed by atoms with van der Waals surface area (Å²) in [6.07, 6.45) is 0. The number of methoxy groups -OCH3 is 1. The molecule has 2 aromatic carbocycles. The first-order valence-corrected chi connectivity index (χ1v) is 7.48. The standard InChI is InChI=1S/C15H11Cl2N3O5/c1-25-12-6-5-8(20(23)24)7-11(12)18-14(21)15(22)19-13-9(16)3-2-4-10(13)17/h2-7H,1H3,(H,18,21)(H,19,22). The molecule has 0 aliphatic carbocycles. The Labute approximate surface area is 151 Å². The van der Waals surface area contributed by atoms with Crippen LogP contribution in [0.3, 0.4) is 0 Å². The van der Waals surface area contributed by atoms with Gasteiger partial charge in [-0.3, -0.25) is 19.7 Å². The van der Waals surface area contributed by atoms with E-state index in [-0.39, 0.29) is 32.9 Å². The number of hydrogen-bond acceptors (Lipinski definition) is 5. The number of para-hydroxylation sites is 1. The predicted molar refractivity (Wildman–Crippen MR) is 93.4 cm³/mol. The fourth-order valence-corrected chi connectivity index (χ4v) is 2.37. The van der Waals surface area contributed by atoms with E-state index in [1.165, 1.54) is 31.4 Å². The van der Waals surface area contributed by atoms with E-state index >= 15 is 0 Å². The summed E-state index contributed by atoms with van der Waals surface area (Å²) in [7, 11) is 1.32. The minimum Gasteiger partial charge on any atom is -0.495 e. The lowest BCUT2D eigenvalue weighted by atomic mass is 10.2. The number of nitro benzene ring substituents is 1. The molecule has 2 amide bonds. The van der Waals surface area contributed by atoms with E-state index in [4.69, 9.17) is 27.9 Å². The van der Waals surface area contributed by atoms with Gasteiger partial charge in [-0.05, 0) is 18.2 Å². The van der Waals surface area contributed by atoms with E-state index in [9.17, 15) is 19.7 Å². The molecular formula is C15H11Cl2N3O5. The molecule has 130 valence electrons. The molecule has 0 bridgehead atoms. The van der Waals surface area contributed by atoms with Crippen LogP contribution >= 0.6 is 23.2 Å². The van der Waals surface area contributed by atoms with E-state index in [0.717, 1.165) is 6.07 Å². The van der Waals surface area contributed by atoms with Crippen LogP contribution in [0.25, 0.3) is 0 Å². The fraction of sp³-hybridized carbons (Fsp3) is 0.0667. The second-order valence-electron chi connectivity index (χ2n) is 4.65. The number of amides is 2. The second kappa shape index (κ2) is 7.82. The van der Waals surface area contributed by atoms with Crippen molar-refractivity contribution in [3.05, 3.63) is 56.6 Å². The van der Waals surface area contributed by atoms with Crippen molar-refractivity contribution in [2.45, 2.75) is 0 Å². The molecule has 25 heavy (non-hydrogen) atoms. The second-order valence-corrected chi connectivity index (χ2v) is 5.46. The third kappa shape index (κ3) is 4.37. The summed E-state index contributed by atoms with van der Waals surface area (Å²) < 4.78 is 5.01. The summed E-state index contributed by atoms with van der Waals surface area (Å²) >= 11 is 11.8. The van der Waals surface area contributed by atoms with Gasteiger partial charge >= 0.3 is 11.8 Å². The predicted octanol–water partition coefficient (Wildman–Crippen LogP) is 3.49. The van der Waals surface area contributed by atoms with Crippen LogP contribution in [0.2, 0.25) is 10.0 Å². The number of nitrogens with one attached hydrogen (secondary N) is 2. The highest BCUT2D eigenvalue weighted by Gasteiger charge is 2.20. The summed E-state index contributed by atoms with van der Waals surface area (Å²) in [5, 5.41) is 15.7. The molecule has 10 heteroatoms. The molecule has 0 unspecified atom stereocenters. The molecule has 0 spiro atoms. The molecule has 0 saturated heterocycles. The quantitative estimate of drug-likeness (QED) is 0.476. The maximum absolute atomic E-state index is 12.1. The van der Waals surface area contributed by atoms with Crippen LogP contribution in [0, 0.1) is 10.1 Å². The normalized spacial score (nSPS) is 10.0. The number of rotatable bonds is 4. The number of halogens is 2. The Hall–Kier alpha value is -2.84. The molecule has 2 rings (SSSR count). The molecule has 2 N–H and O–H groups in total. The lowest BCUT2D eigenvalue weighted by Crippen LogP contribution is -2.29. The molecule has 0 fully saturated rings. The van der Waals surface area contributed by atoms with Gasteiger partial charge in [0.15, 0.2) is 0 Å². The molecule has 0 aliphatic rings. The zero-order valence-electron chi connectivity index (χ0n) is 12.7. The molecule has 0 atom stereocenters. The molecule has 2 aromatic rings.